The van der Waals surface area contributed by atoms with Crippen molar-refractivity contribution in [2.45, 2.75) is 26.1 Å². The molecule has 5 nitrogen and oxygen atoms in total. The standard InChI is InChI=1S/C19H20O5/c1-10-14-8-12(18(22)11(2)20)5-7-16(14)24-19(10)13-4-6-15(21)17(9-13)23-3/h4-9,11,18,20-22H,1-3H3. The van der Waals surface area contributed by atoms with Gasteiger partial charge in [-0.15, -0.1) is 0 Å². The van der Waals surface area contributed by atoms with Crippen molar-refractivity contribution in [3.8, 4) is 22.8 Å². The Hall–Kier alpha value is -2.50. The zero-order chi connectivity index (χ0) is 17.4. The minimum absolute atomic E-state index is 0.0670. The number of aliphatic hydroxyl groups excluding tert-OH is 2. The molecule has 0 fully saturated rings. The van der Waals surface area contributed by atoms with Crippen LogP contribution >= 0.6 is 0 Å². The first kappa shape index (κ1) is 16.4. The Morgan fingerprint density at radius 3 is 2.50 bits per heavy atom. The summed E-state index contributed by atoms with van der Waals surface area (Å²) in [4.78, 5) is 0. The number of phenols is 1. The number of fused-ring (bicyclic) bond motifs is 1. The second kappa shape index (κ2) is 6.19. The summed E-state index contributed by atoms with van der Waals surface area (Å²) in [6.45, 7) is 3.48. The Morgan fingerprint density at radius 1 is 1.08 bits per heavy atom. The van der Waals surface area contributed by atoms with E-state index in [1.807, 2.05) is 13.0 Å². The van der Waals surface area contributed by atoms with Crippen LogP contribution in [0.1, 0.15) is 24.2 Å². The molecule has 1 heterocycles. The van der Waals surface area contributed by atoms with Crippen molar-refractivity contribution in [2.24, 2.45) is 0 Å². The number of hydrogen-bond donors (Lipinski definition) is 3. The zero-order valence-electron chi connectivity index (χ0n) is 13.8. The molecule has 0 radical (unpaired) electrons. The molecule has 3 N–H and O–H groups in total. The first-order valence-electron chi connectivity index (χ1n) is 7.69. The van der Waals surface area contributed by atoms with Gasteiger partial charge in [-0.3, -0.25) is 0 Å². The second-order valence-electron chi connectivity index (χ2n) is 5.88. The van der Waals surface area contributed by atoms with Gasteiger partial charge < -0.3 is 24.5 Å². The summed E-state index contributed by atoms with van der Waals surface area (Å²) in [7, 11) is 1.49. The Kier molecular flexibility index (Phi) is 4.22. The fraction of sp³-hybridized carbons (Fsp3) is 0.263. The molecule has 5 heteroatoms. The van der Waals surface area contributed by atoms with E-state index in [0.717, 1.165) is 16.5 Å². The van der Waals surface area contributed by atoms with Crippen molar-refractivity contribution in [1.82, 2.24) is 0 Å². The van der Waals surface area contributed by atoms with E-state index in [1.54, 1.807) is 37.3 Å². The minimum atomic E-state index is -0.944. The lowest BCUT2D eigenvalue weighted by molar-refractivity contribution is 0.0306. The van der Waals surface area contributed by atoms with E-state index in [9.17, 15) is 15.3 Å². The van der Waals surface area contributed by atoms with E-state index in [-0.39, 0.29) is 5.75 Å². The smallest absolute Gasteiger partial charge is 0.161 e. The number of aliphatic hydroxyl groups is 2. The summed E-state index contributed by atoms with van der Waals surface area (Å²) < 4.78 is 11.1. The number of aryl methyl sites for hydroxylation is 1. The molecule has 3 aromatic rings. The van der Waals surface area contributed by atoms with Gasteiger partial charge in [-0.05, 0) is 49.7 Å². The molecule has 0 aliphatic carbocycles. The number of phenolic OH excluding ortho intramolecular Hbond substituents is 1. The summed E-state index contributed by atoms with van der Waals surface area (Å²) in [5.41, 5.74) is 3.03. The van der Waals surface area contributed by atoms with Gasteiger partial charge in [0.1, 0.15) is 17.4 Å². The van der Waals surface area contributed by atoms with E-state index in [0.29, 0.717) is 22.7 Å². The molecule has 1 aromatic heterocycles. The van der Waals surface area contributed by atoms with E-state index >= 15 is 0 Å². The highest BCUT2D eigenvalue weighted by Crippen LogP contribution is 2.38. The number of ether oxygens (including phenoxy) is 1. The molecule has 2 aromatic carbocycles. The first-order chi connectivity index (χ1) is 11.4. The number of furan rings is 1. The third-order valence-electron chi connectivity index (χ3n) is 4.20. The van der Waals surface area contributed by atoms with Gasteiger partial charge in [0.25, 0.3) is 0 Å². The maximum absolute atomic E-state index is 10.0. The van der Waals surface area contributed by atoms with Crippen LogP contribution in [0.2, 0.25) is 0 Å². The third-order valence-corrected chi connectivity index (χ3v) is 4.20. The van der Waals surface area contributed by atoms with Crippen LogP contribution in [0, 0.1) is 6.92 Å². The van der Waals surface area contributed by atoms with Crippen LogP contribution in [0.25, 0.3) is 22.3 Å². The molecule has 0 spiro atoms. The maximum atomic E-state index is 10.0. The van der Waals surface area contributed by atoms with Crippen LogP contribution < -0.4 is 4.74 Å². The van der Waals surface area contributed by atoms with Crippen LogP contribution in [0.15, 0.2) is 40.8 Å². The molecular formula is C19H20O5. The highest BCUT2D eigenvalue weighted by Gasteiger charge is 2.18. The molecule has 2 atom stereocenters. The summed E-state index contributed by atoms with van der Waals surface area (Å²) in [6, 6.07) is 10.4. The van der Waals surface area contributed by atoms with Crippen molar-refractivity contribution in [1.29, 1.82) is 0 Å². The molecule has 0 aliphatic heterocycles. The lowest BCUT2D eigenvalue weighted by Gasteiger charge is -2.13. The highest BCUT2D eigenvalue weighted by atomic mass is 16.5. The predicted octanol–water partition coefficient (Wildman–Crippen LogP) is 3.54. The molecule has 0 aliphatic rings. The van der Waals surface area contributed by atoms with Crippen LogP contribution in [-0.2, 0) is 0 Å². The van der Waals surface area contributed by atoms with Gasteiger partial charge >= 0.3 is 0 Å². The van der Waals surface area contributed by atoms with E-state index in [1.165, 1.54) is 7.11 Å². The van der Waals surface area contributed by atoms with Crippen molar-refractivity contribution >= 4 is 11.0 Å². The van der Waals surface area contributed by atoms with E-state index in [4.69, 9.17) is 9.15 Å². The molecule has 3 rings (SSSR count). The van der Waals surface area contributed by atoms with E-state index in [2.05, 4.69) is 0 Å². The van der Waals surface area contributed by atoms with Crippen molar-refractivity contribution in [3.05, 3.63) is 47.5 Å². The van der Waals surface area contributed by atoms with Crippen LogP contribution in [0.4, 0.5) is 0 Å². The van der Waals surface area contributed by atoms with Gasteiger partial charge in [0.05, 0.1) is 13.2 Å². The number of methoxy groups -OCH3 is 1. The summed E-state index contributed by atoms with van der Waals surface area (Å²) in [6.07, 6.45) is -1.79. The molecule has 2 unspecified atom stereocenters. The molecule has 0 amide bonds. The van der Waals surface area contributed by atoms with Gasteiger partial charge in [0.2, 0.25) is 0 Å². The highest BCUT2D eigenvalue weighted by molar-refractivity contribution is 5.88. The summed E-state index contributed by atoms with van der Waals surface area (Å²) >= 11 is 0. The molecule has 126 valence electrons. The average Bonchev–Trinajstić information content (AvgIpc) is 2.91. The Labute approximate surface area is 139 Å². The minimum Gasteiger partial charge on any atom is -0.504 e. The summed E-state index contributed by atoms with van der Waals surface area (Å²) in [5, 5.41) is 30.2. The SMILES string of the molecule is COc1cc(-c2oc3ccc(C(O)C(C)O)cc3c2C)ccc1O. The Morgan fingerprint density at radius 2 is 1.83 bits per heavy atom. The van der Waals surface area contributed by atoms with Crippen molar-refractivity contribution < 1.29 is 24.5 Å². The van der Waals surface area contributed by atoms with Gasteiger partial charge in [-0.25, -0.2) is 0 Å². The largest absolute Gasteiger partial charge is 0.504 e. The molecule has 0 bridgehead atoms. The van der Waals surface area contributed by atoms with Gasteiger partial charge in [0, 0.05) is 16.5 Å². The molecule has 0 saturated heterocycles. The quantitative estimate of drug-likeness (QED) is 0.682. The molecule has 24 heavy (non-hydrogen) atoms. The third kappa shape index (κ3) is 2.72. The number of rotatable bonds is 4. The predicted molar refractivity (Wildman–Crippen MR) is 91.2 cm³/mol. The van der Waals surface area contributed by atoms with Crippen LogP contribution in [0.3, 0.4) is 0 Å². The fourth-order valence-electron chi connectivity index (χ4n) is 2.80. The lowest BCUT2D eigenvalue weighted by Crippen LogP contribution is -2.13. The van der Waals surface area contributed by atoms with Crippen LogP contribution in [-0.4, -0.2) is 28.5 Å². The maximum Gasteiger partial charge on any atom is 0.161 e. The normalized spacial score (nSPS) is 13.9. The van der Waals surface area contributed by atoms with Gasteiger partial charge in [0.15, 0.2) is 11.5 Å². The second-order valence-corrected chi connectivity index (χ2v) is 5.88. The van der Waals surface area contributed by atoms with Crippen LogP contribution in [0.5, 0.6) is 11.5 Å². The lowest BCUT2D eigenvalue weighted by atomic mass is 10.0. The monoisotopic (exact) mass is 328 g/mol. The van der Waals surface area contributed by atoms with Gasteiger partial charge in [-0.2, -0.15) is 0 Å². The number of aromatic hydroxyl groups is 1. The first-order valence-corrected chi connectivity index (χ1v) is 7.69. The van der Waals surface area contributed by atoms with Crippen molar-refractivity contribution in [2.75, 3.05) is 7.11 Å². The average molecular weight is 328 g/mol. The fourth-order valence-corrected chi connectivity index (χ4v) is 2.80. The zero-order valence-corrected chi connectivity index (χ0v) is 13.8. The summed E-state index contributed by atoms with van der Waals surface area (Å²) in [5.74, 6) is 1.11. The number of benzene rings is 2. The number of hydrogen-bond acceptors (Lipinski definition) is 5. The Balaban J connectivity index is 2.12. The van der Waals surface area contributed by atoms with Crippen molar-refractivity contribution in [3.63, 3.8) is 0 Å². The van der Waals surface area contributed by atoms with Gasteiger partial charge in [-0.1, -0.05) is 6.07 Å². The topological polar surface area (TPSA) is 83.1 Å². The Bertz CT molecular complexity index is 879. The van der Waals surface area contributed by atoms with E-state index < -0.39 is 12.2 Å². The molecular weight excluding hydrogens is 308 g/mol. The molecule has 0 saturated carbocycles.